The van der Waals surface area contributed by atoms with E-state index in [9.17, 15) is 31.7 Å². The van der Waals surface area contributed by atoms with Crippen LogP contribution < -0.4 is 19.5 Å². The number of fused-ring (bicyclic) bond motifs is 1. The van der Waals surface area contributed by atoms with E-state index in [2.05, 4.69) is 4.74 Å². The third-order valence-corrected chi connectivity index (χ3v) is 5.62. The molecule has 0 radical (unpaired) electrons. The topological polar surface area (TPSA) is 125 Å². The van der Waals surface area contributed by atoms with E-state index in [4.69, 9.17) is 10.5 Å². The molecule has 0 saturated heterocycles. The SMILES string of the molecule is Nc1cc2c(cc1[N+](=O)[O-])S(=O)(=O)N(c1ccc(OC(F)(F)F)cc1)CCO2. The van der Waals surface area contributed by atoms with Crippen LogP contribution in [0.3, 0.4) is 0 Å². The third-order valence-electron chi connectivity index (χ3n) is 3.77. The fraction of sp³-hybridized carbons (Fsp3) is 0.200. The van der Waals surface area contributed by atoms with Gasteiger partial charge >= 0.3 is 6.36 Å². The van der Waals surface area contributed by atoms with Gasteiger partial charge in [0, 0.05) is 12.1 Å². The Hall–Kier alpha value is -3.22. The normalized spacial score (nSPS) is 15.9. The summed E-state index contributed by atoms with van der Waals surface area (Å²) in [7, 11) is -4.31. The van der Waals surface area contributed by atoms with E-state index in [0.29, 0.717) is 0 Å². The molecular weight excluding hydrogens is 407 g/mol. The van der Waals surface area contributed by atoms with Crippen LogP contribution in [0.15, 0.2) is 41.3 Å². The molecule has 0 saturated carbocycles. The van der Waals surface area contributed by atoms with E-state index < -0.39 is 37.6 Å². The van der Waals surface area contributed by atoms with Crippen LogP contribution in [0.1, 0.15) is 0 Å². The molecule has 28 heavy (non-hydrogen) atoms. The molecule has 2 aromatic carbocycles. The van der Waals surface area contributed by atoms with Crippen LogP contribution in [0.4, 0.5) is 30.2 Å². The van der Waals surface area contributed by atoms with Crippen molar-refractivity contribution >= 4 is 27.1 Å². The van der Waals surface area contributed by atoms with Crippen molar-refractivity contribution in [2.45, 2.75) is 11.3 Å². The van der Waals surface area contributed by atoms with E-state index in [1.807, 2.05) is 0 Å². The number of hydrogen-bond acceptors (Lipinski definition) is 7. The molecule has 0 bridgehead atoms. The van der Waals surface area contributed by atoms with E-state index in [1.165, 1.54) is 0 Å². The van der Waals surface area contributed by atoms with E-state index >= 15 is 0 Å². The largest absolute Gasteiger partial charge is 0.573 e. The van der Waals surface area contributed by atoms with Gasteiger partial charge in [0.1, 0.15) is 28.7 Å². The number of sulfonamides is 1. The Morgan fingerprint density at radius 3 is 2.43 bits per heavy atom. The molecule has 2 N–H and O–H groups in total. The number of halogens is 3. The van der Waals surface area contributed by atoms with Crippen LogP contribution in [0.2, 0.25) is 0 Å². The monoisotopic (exact) mass is 419 g/mol. The number of nitro groups is 1. The quantitative estimate of drug-likeness (QED) is 0.461. The number of hydrogen-bond donors (Lipinski definition) is 1. The standard InChI is InChI=1S/C15H12F3N3O6S/c16-15(17,18)27-10-3-1-9(2-4-10)20-5-6-26-13-7-11(19)12(21(22)23)8-14(13)28(20,24)25/h1-4,7-8H,5-6,19H2. The maximum atomic E-state index is 13.0. The number of alkyl halides is 3. The summed E-state index contributed by atoms with van der Waals surface area (Å²) in [5.74, 6) is -0.675. The Labute approximate surface area is 156 Å². The first-order chi connectivity index (χ1) is 13.0. The molecule has 1 heterocycles. The number of nitrogens with two attached hydrogens (primary N) is 1. The van der Waals surface area contributed by atoms with E-state index in [-0.39, 0.29) is 30.3 Å². The first-order valence-corrected chi connectivity index (χ1v) is 9.02. The zero-order chi connectivity index (χ0) is 20.7. The third kappa shape index (κ3) is 3.74. The maximum Gasteiger partial charge on any atom is 0.573 e. The molecule has 0 aromatic heterocycles. The van der Waals surface area contributed by atoms with Gasteiger partial charge in [0.2, 0.25) is 0 Å². The molecule has 9 nitrogen and oxygen atoms in total. The lowest BCUT2D eigenvalue weighted by molar-refractivity contribution is -0.384. The summed E-state index contributed by atoms with van der Waals surface area (Å²) in [5, 5.41) is 11.1. The summed E-state index contributed by atoms with van der Waals surface area (Å²) in [5.41, 5.74) is 4.72. The lowest BCUT2D eigenvalue weighted by Gasteiger charge is -2.22. The molecule has 0 unspecified atom stereocenters. The predicted molar refractivity (Wildman–Crippen MR) is 90.7 cm³/mol. The molecule has 150 valence electrons. The number of nitrogen functional groups attached to an aromatic ring is 1. The van der Waals surface area contributed by atoms with Crippen molar-refractivity contribution in [3.8, 4) is 11.5 Å². The van der Waals surface area contributed by atoms with Crippen molar-refractivity contribution in [3.05, 3.63) is 46.5 Å². The summed E-state index contributed by atoms with van der Waals surface area (Å²) >= 11 is 0. The highest BCUT2D eigenvalue weighted by atomic mass is 32.2. The van der Waals surface area contributed by atoms with Gasteiger partial charge in [0.05, 0.1) is 17.2 Å². The van der Waals surface area contributed by atoms with Crippen molar-refractivity contribution < 1.29 is 36.0 Å². The second-order valence-electron chi connectivity index (χ2n) is 5.58. The number of nitrogens with zero attached hydrogens (tertiary/aromatic N) is 2. The zero-order valence-electron chi connectivity index (χ0n) is 13.8. The van der Waals surface area contributed by atoms with Gasteiger partial charge in [-0.1, -0.05) is 0 Å². The van der Waals surface area contributed by atoms with Gasteiger partial charge in [-0.2, -0.15) is 0 Å². The average molecular weight is 419 g/mol. The zero-order valence-corrected chi connectivity index (χ0v) is 14.7. The predicted octanol–water partition coefficient (Wildman–Crippen LogP) is 2.66. The summed E-state index contributed by atoms with van der Waals surface area (Å²) in [4.78, 5) is 9.78. The van der Waals surface area contributed by atoms with Gasteiger partial charge in [0.25, 0.3) is 15.7 Å². The smallest absolute Gasteiger partial charge is 0.490 e. The fourth-order valence-electron chi connectivity index (χ4n) is 2.60. The minimum absolute atomic E-state index is 0.0328. The minimum atomic E-state index is -4.89. The van der Waals surface area contributed by atoms with E-state index in [1.54, 1.807) is 0 Å². The second-order valence-corrected chi connectivity index (χ2v) is 7.41. The molecule has 1 aliphatic rings. The van der Waals surface area contributed by atoms with Crippen molar-refractivity contribution in [3.63, 3.8) is 0 Å². The first kappa shape index (κ1) is 19.5. The first-order valence-electron chi connectivity index (χ1n) is 7.58. The molecule has 0 spiro atoms. The second kappa shape index (κ2) is 6.74. The van der Waals surface area contributed by atoms with Crippen LogP contribution in [0.5, 0.6) is 11.5 Å². The van der Waals surface area contributed by atoms with E-state index in [0.717, 1.165) is 40.7 Å². The molecule has 0 amide bonds. The molecule has 0 atom stereocenters. The highest BCUT2D eigenvalue weighted by Crippen LogP contribution is 2.38. The van der Waals surface area contributed by atoms with Crippen molar-refractivity contribution in [2.24, 2.45) is 0 Å². The maximum absolute atomic E-state index is 13.0. The highest BCUT2D eigenvalue weighted by molar-refractivity contribution is 7.93. The van der Waals surface area contributed by atoms with Gasteiger partial charge in [-0.25, -0.2) is 8.42 Å². The minimum Gasteiger partial charge on any atom is -0.490 e. The number of nitro benzene ring substituents is 1. The van der Waals surface area contributed by atoms with Crippen LogP contribution in [0, 0.1) is 10.1 Å². The van der Waals surface area contributed by atoms with Gasteiger partial charge in [-0.05, 0) is 24.3 Å². The molecule has 0 fully saturated rings. The lowest BCUT2D eigenvalue weighted by Crippen LogP contribution is -2.32. The van der Waals surface area contributed by atoms with Crippen LogP contribution in [-0.4, -0.2) is 32.9 Å². The Kier molecular flexibility index (Phi) is 4.71. The van der Waals surface area contributed by atoms with Crippen molar-refractivity contribution in [2.75, 3.05) is 23.2 Å². The Balaban J connectivity index is 2.03. The van der Waals surface area contributed by atoms with Crippen LogP contribution >= 0.6 is 0 Å². The molecule has 0 aliphatic carbocycles. The van der Waals surface area contributed by atoms with Crippen LogP contribution in [-0.2, 0) is 10.0 Å². The fourth-order valence-corrected chi connectivity index (χ4v) is 4.18. The molecule has 13 heteroatoms. The van der Waals surface area contributed by atoms with Gasteiger partial charge in [0.15, 0.2) is 0 Å². The number of rotatable bonds is 3. The number of ether oxygens (including phenoxy) is 2. The lowest BCUT2D eigenvalue weighted by atomic mass is 10.2. The number of anilines is 2. The summed E-state index contributed by atoms with van der Waals surface area (Å²) in [6, 6.07) is 5.99. The Morgan fingerprint density at radius 1 is 1.21 bits per heavy atom. The van der Waals surface area contributed by atoms with Gasteiger partial charge in [-0.15, -0.1) is 13.2 Å². The highest BCUT2D eigenvalue weighted by Gasteiger charge is 2.34. The molecule has 3 rings (SSSR count). The molecule has 1 aliphatic heterocycles. The Morgan fingerprint density at radius 2 is 1.86 bits per heavy atom. The average Bonchev–Trinajstić information content (AvgIpc) is 2.69. The van der Waals surface area contributed by atoms with Crippen molar-refractivity contribution in [1.29, 1.82) is 0 Å². The van der Waals surface area contributed by atoms with Crippen LogP contribution in [0.25, 0.3) is 0 Å². The Bertz CT molecular complexity index is 1020. The van der Waals surface area contributed by atoms with Gasteiger partial charge < -0.3 is 15.2 Å². The summed E-state index contributed by atoms with van der Waals surface area (Å²) in [6.07, 6.45) is -4.89. The molecular formula is C15H12F3N3O6S. The number of benzene rings is 2. The molecule has 2 aromatic rings. The van der Waals surface area contributed by atoms with Crippen molar-refractivity contribution in [1.82, 2.24) is 0 Å². The summed E-state index contributed by atoms with van der Waals surface area (Å²) < 4.78 is 72.7. The summed E-state index contributed by atoms with van der Waals surface area (Å²) in [6.45, 7) is -0.283. The van der Waals surface area contributed by atoms with Gasteiger partial charge in [-0.3, -0.25) is 14.4 Å².